The minimum Gasteiger partial charge on any atom is -0.378 e. The summed E-state index contributed by atoms with van der Waals surface area (Å²) >= 11 is 0. The molecule has 2 saturated heterocycles. The molecule has 17 heavy (non-hydrogen) atoms. The molecule has 0 aromatic rings. The highest BCUT2D eigenvalue weighted by atomic mass is 16.5. The standard InChI is InChI=1S/C12H23N3O2/c1-14(2)11-3-5-15(8-11)12(16)7-10-9-17-6-4-13-10/h10-11,13H,3-9H2,1-2H3. The number of hydrogen-bond acceptors (Lipinski definition) is 4. The Labute approximate surface area is 103 Å². The molecule has 0 spiro atoms. The maximum Gasteiger partial charge on any atom is 0.224 e. The molecule has 98 valence electrons. The highest BCUT2D eigenvalue weighted by molar-refractivity contribution is 5.77. The van der Waals surface area contributed by atoms with Crippen LogP contribution in [0.1, 0.15) is 12.8 Å². The van der Waals surface area contributed by atoms with Crippen LogP contribution in [0, 0.1) is 0 Å². The summed E-state index contributed by atoms with van der Waals surface area (Å²) < 4.78 is 5.36. The predicted molar refractivity (Wildman–Crippen MR) is 65.9 cm³/mol. The first kappa shape index (κ1) is 12.8. The lowest BCUT2D eigenvalue weighted by Crippen LogP contribution is -2.45. The summed E-state index contributed by atoms with van der Waals surface area (Å²) in [7, 11) is 4.16. The van der Waals surface area contributed by atoms with Crippen LogP contribution in [0.5, 0.6) is 0 Å². The number of amides is 1. The Morgan fingerprint density at radius 1 is 1.53 bits per heavy atom. The van der Waals surface area contributed by atoms with Gasteiger partial charge in [0, 0.05) is 38.1 Å². The molecule has 0 aromatic carbocycles. The zero-order chi connectivity index (χ0) is 12.3. The molecule has 2 heterocycles. The van der Waals surface area contributed by atoms with Gasteiger partial charge < -0.3 is 19.9 Å². The monoisotopic (exact) mass is 241 g/mol. The van der Waals surface area contributed by atoms with Crippen LogP contribution in [0.25, 0.3) is 0 Å². The van der Waals surface area contributed by atoms with Gasteiger partial charge in [-0.05, 0) is 20.5 Å². The van der Waals surface area contributed by atoms with Crippen LogP contribution in [-0.2, 0) is 9.53 Å². The lowest BCUT2D eigenvalue weighted by atomic mass is 10.2. The molecular formula is C12H23N3O2. The summed E-state index contributed by atoms with van der Waals surface area (Å²) in [5, 5.41) is 3.32. The third-order valence-corrected chi connectivity index (χ3v) is 3.67. The average molecular weight is 241 g/mol. The highest BCUT2D eigenvalue weighted by Gasteiger charge is 2.28. The number of rotatable bonds is 3. The van der Waals surface area contributed by atoms with E-state index in [9.17, 15) is 4.79 Å². The van der Waals surface area contributed by atoms with E-state index in [4.69, 9.17) is 4.74 Å². The number of carbonyl (C=O) groups excluding carboxylic acids is 1. The molecule has 0 aromatic heterocycles. The Kier molecular flexibility index (Phi) is 4.36. The molecule has 0 bridgehead atoms. The van der Waals surface area contributed by atoms with Gasteiger partial charge in [0.1, 0.15) is 0 Å². The fraction of sp³-hybridized carbons (Fsp3) is 0.917. The van der Waals surface area contributed by atoms with Crippen molar-refractivity contribution in [1.29, 1.82) is 0 Å². The Morgan fingerprint density at radius 3 is 2.94 bits per heavy atom. The number of carbonyl (C=O) groups is 1. The van der Waals surface area contributed by atoms with Gasteiger partial charge in [-0.1, -0.05) is 0 Å². The van der Waals surface area contributed by atoms with Gasteiger partial charge in [0.2, 0.25) is 5.91 Å². The average Bonchev–Trinajstić information content (AvgIpc) is 2.79. The predicted octanol–water partition coefficient (Wildman–Crippen LogP) is -0.473. The smallest absolute Gasteiger partial charge is 0.224 e. The Morgan fingerprint density at radius 2 is 2.35 bits per heavy atom. The second-order valence-corrected chi connectivity index (χ2v) is 5.18. The molecular weight excluding hydrogens is 218 g/mol. The van der Waals surface area contributed by atoms with Crippen molar-refractivity contribution in [2.75, 3.05) is 46.9 Å². The topological polar surface area (TPSA) is 44.8 Å². The summed E-state index contributed by atoms with van der Waals surface area (Å²) in [6, 6.07) is 0.726. The maximum absolute atomic E-state index is 12.1. The van der Waals surface area contributed by atoms with Crippen molar-refractivity contribution in [3.63, 3.8) is 0 Å². The van der Waals surface area contributed by atoms with E-state index in [0.29, 0.717) is 19.1 Å². The minimum atomic E-state index is 0.203. The van der Waals surface area contributed by atoms with Gasteiger partial charge in [0.05, 0.1) is 13.2 Å². The number of likely N-dealkylation sites (N-methyl/N-ethyl adjacent to an activating group) is 1. The van der Waals surface area contributed by atoms with Crippen molar-refractivity contribution in [3.05, 3.63) is 0 Å². The Bertz CT molecular complexity index is 264. The third-order valence-electron chi connectivity index (χ3n) is 3.67. The fourth-order valence-corrected chi connectivity index (χ4v) is 2.48. The van der Waals surface area contributed by atoms with E-state index in [1.54, 1.807) is 0 Å². The Hall–Kier alpha value is -0.650. The van der Waals surface area contributed by atoms with Gasteiger partial charge in [-0.15, -0.1) is 0 Å². The van der Waals surface area contributed by atoms with Gasteiger partial charge in [-0.3, -0.25) is 4.79 Å². The summed E-state index contributed by atoms with van der Waals surface area (Å²) in [6.07, 6.45) is 1.66. The molecule has 5 heteroatoms. The summed E-state index contributed by atoms with van der Waals surface area (Å²) in [5.41, 5.74) is 0. The van der Waals surface area contributed by atoms with Crippen molar-refractivity contribution in [2.24, 2.45) is 0 Å². The van der Waals surface area contributed by atoms with Crippen LogP contribution in [0.3, 0.4) is 0 Å². The van der Waals surface area contributed by atoms with Crippen molar-refractivity contribution in [3.8, 4) is 0 Å². The largest absolute Gasteiger partial charge is 0.378 e. The van der Waals surface area contributed by atoms with Gasteiger partial charge in [-0.25, -0.2) is 0 Å². The molecule has 2 unspecified atom stereocenters. The molecule has 0 aliphatic carbocycles. The summed E-state index contributed by atoms with van der Waals surface area (Å²) in [6.45, 7) is 4.06. The summed E-state index contributed by atoms with van der Waals surface area (Å²) in [4.78, 5) is 16.3. The van der Waals surface area contributed by atoms with E-state index in [-0.39, 0.29) is 11.9 Å². The van der Waals surface area contributed by atoms with Gasteiger partial charge in [0.25, 0.3) is 0 Å². The molecule has 5 nitrogen and oxygen atoms in total. The van der Waals surface area contributed by atoms with Gasteiger partial charge >= 0.3 is 0 Å². The van der Waals surface area contributed by atoms with E-state index in [0.717, 1.165) is 32.7 Å². The number of nitrogens with one attached hydrogen (secondary N) is 1. The normalized spacial score (nSPS) is 29.9. The van der Waals surface area contributed by atoms with Crippen LogP contribution in [0.2, 0.25) is 0 Å². The van der Waals surface area contributed by atoms with Crippen LogP contribution in [-0.4, -0.2) is 74.7 Å². The van der Waals surface area contributed by atoms with Crippen molar-refractivity contribution in [2.45, 2.75) is 24.9 Å². The van der Waals surface area contributed by atoms with Crippen LogP contribution >= 0.6 is 0 Å². The molecule has 2 aliphatic rings. The number of morpholine rings is 1. The van der Waals surface area contributed by atoms with Crippen molar-refractivity contribution >= 4 is 5.91 Å². The van der Waals surface area contributed by atoms with Crippen LogP contribution in [0.4, 0.5) is 0 Å². The lowest BCUT2D eigenvalue weighted by molar-refractivity contribution is -0.131. The molecule has 2 fully saturated rings. The van der Waals surface area contributed by atoms with Crippen LogP contribution in [0.15, 0.2) is 0 Å². The number of nitrogens with zero attached hydrogens (tertiary/aromatic N) is 2. The fourth-order valence-electron chi connectivity index (χ4n) is 2.48. The molecule has 2 aliphatic heterocycles. The second kappa shape index (κ2) is 5.80. The van der Waals surface area contributed by atoms with E-state index >= 15 is 0 Å². The van der Waals surface area contributed by atoms with E-state index in [2.05, 4.69) is 24.3 Å². The number of hydrogen-bond donors (Lipinski definition) is 1. The molecule has 2 atom stereocenters. The molecule has 0 radical (unpaired) electrons. The number of ether oxygens (including phenoxy) is 1. The van der Waals surface area contributed by atoms with Gasteiger partial charge in [-0.2, -0.15) is 0 Å². The second-order valence-electron chi connectivity index (χ2n) is 5.18. The first-order valence-electron chi connectivity index (χ1n) is 6.42. The van der Waals surface area contributed by atoms with E-state index in [1.807, 2.05) is 4.90 Å². The van der Waals surface area contributed by atoms with E-state index in [1.165, 1.54) is 0 Å². The van der Waals surface area contributed by atoms with Crippen LogP contribution < -0.4 is 5.32 Å². The minimum absolute atomic E-state index is 0.203. The molecule has 1 amide bonds. The number of likely N-dealkylation sites (tertiary alicyclic amines) is 1. The summed E-state index contributed by atoms with van der Waals surface area (Å²) in [5.74, 6) is 0.261. The third kappa shape index (κ3) is 3.40. The zero-order valence-electron chi connectivity index (χ0n) is 10.8. The SMILES string of the molecule is CN(C)C1CCN(C(=O)CC2COCCN2)C1. The first-order chi connectivity index (χ1) is 8.16. The van der Waals surface area contributed by atoms with E-state index < -0.39 is 0 Å². The molecule has 0 saturated carbocycles. The lowest BCUT2D eigenvalue weighted by Gasteiger charge is -2.26. The Balaban J connectivity index is 1.76. The van der Waals surface area contributed by atoms with Crippen molar-refractivity contribution < 1.29 is 9.53 Å². The zero-order valence-corrected chi connectivity index (χ0v) is 10.8. The molecule has 2 rings (SSSR count). The maximum atomic E-state index is 12.1. The van der Waals surface area contributed by atoms with Gasteiger partial charge in [0.15, 0.2) is 0 Å². The first-order valence-corrected chi connectivity index (χ1v) is 6.42. The quantitative estimate of drug-likeness (QED) is 0.725. The van der Waals surface area contributed by atoms with Crippen molar-refractivity contribution in [1.82, 2.24) is 15.1 Å². The molecule has 1 N–H and O–H groups in total. The highest BCUT2D eigenvalue weighted by Crippen LogP contribution is 2.15.